The molecule has 0 saturated heterocycles. The van der Waals surface area contributed by atoms with Gasteiger partial charge in [-0.05, 0) is 87.9 Å². The highest BCUT2D eigenvalue weighted by Gasteiger charge is 2.47. The summed E-state index contributed by atoms with van der Waals surface area (Å²) in [5.41, 5.74) is 0.259. The number of nitrogens with zero attached hydrogens (tertiary/aromatic N) is 2. The maximum absolute atomic E-state index is 13.1. The van der Waals surface area contributed by atoms with E-state index in [4.69, 9.17) is 10.1 Å². The monoisotopic (exact) mass is 485 g/mol. The lowest BCUT2D eigenvalue weighted by atomic mass is 9.69. The number of alkyl halides is 3. The zero-order chi connectivity index (χ0) is 24.7. The number of aliphatic imine (C=N–C) groups is 1. The van der Waals surface area contributed by atoms with Crippen molar-refractivity contribution in [2.45, 2.75) is 128 Å². The summed E-state index contributed by atoms with van der Waals surface area (Å²) < 4.78 is 39.4. The number of hydrogen-bond acceptors (Lipinski definition) is 4. The number of guanidine groups is 1. The average Bonchev–Trinajstić information content (AvgIpc) is 3.07. The molecule has 3 saturated carbocycles. The van der Waals surface area contributed by atoms with E-state index < -0.39 is 18.1 Å². The molecule has 8 heteroatoms. The highest BCUT2D eigenvalue weighted by Crippen LogP contribution is 2.45. The summed E-state index contributed by atoms with van der Waals surface area (Å²) in [4.78, 5) is 18.7. The minimum Gasteiger partial charge on any atom is -0.481 e. The van der Waals surface area contributed by atoms with Crippen LogP contribution in [0.3, 0.4) is 0 Å². The number of rotatable bonds is 5. The predicted octanol–water partition coefficient (Wildman–Crippen LogP) is 5.99. The fraction of sp³-hybridized carbons (Fsp3) is 0.923. The van der Waals surface area contributed by atoms with Crippen LogP contribution in [0.4, 0.5) is 13.2 Å². The second-order valence-electron chi connectivity index (χ2n) is 12.4. The molecule has 194 valence electrons. The van der Waals surface area contributed by atoms with E-state index in [1.54, 1.807) is 0 Å². The summed E-state index contributed by atoms with van der Waals surface area (Å²) in [5.74, 6) is -0.00711. The van der Waals surface area contributed by atoms with Gasteiger partial charge in [0, 0.05) is 18.5 Å². The Morgan fingerprint density at radius 3 is 2.44 bits per heavy atom. The molecular formula is C26H42F3N3O2. The molecule has 0 radical (unpaired) electrons. The second kappa shape index (κ2) is 9.88. The van der Waals surface area contributed by atoms with Gasteiger partial charge in [0.1, 0.15) is 0 Å². The highest BCUT2D eigenvalue weighted by molar-refractivity contribution is 5.83. The first-order valence-electron chi connectivity index (χ1n) is 13.3. The first-order chi connectivity index (χ1) is 15.9. The maximum Gasteiger partial charge on any atom is 0.391 e. The topological polar surface area (TPSA) is 64.9 Å². The van der Waals surface area contributed by atoms with E-state index in [-0.39, 0.29) is 36.8 Å². The number of hydrogen-bond donors (Lipinski definition) is 2. The summed E-state index contributed by atoms with van der Waals surface area (Å²) >= 11 is 0. The summed E-state index contributed by atoms with van der Waals surface area (Å²) in [6, 6.07) is 0.905. The van der Waals surface area contributed by atoms with Gasteiger partial charge in [0.2, 0.25) is 0 Å². The minimum atomic E-state index is -4.09. The Hall–Kier alpha value is -1.47. The summed E-state index contributed by atoms with van der Waals surface area (Å²) in [7, 11) is 0. The zero-order valence-corrected chi connectivity index (χ0v) is 20.9. The van der Waals surface area contributed by atoms with Crippen LogP contribution in [-0.2, 0) is 4.79 Å². The fourth-order valence-electron chi connectivity index (χ4n) is 7.46. The predicted molar refractivity (Wildman–Crippen MR) is 127 cm³/mol. The van der Waals surface area contributed by atoms with Gasteiger partial charge in [-0.15, -0.1) is 0 Å². The van der Waals surface area contributed by atoms with Gasteiger partial charge in [0.05, 0.1) is 18.0 Å². The number of carbonyl (C=O) groups is 1. The van der Waals surface area contributed by atoms with Crippen molar-refractivity contribution in [1.82, 2.24) is 10.2 Å². The molecular weight excluding hydrogens is 443 g/mol. The number of carboxylic acid groups (broad SMARTS) is 1. The Kier molecular flexibility index (Phi) is 7.45. The molecule has 0 aromatic rings. The van der Waals surface area contributed by atoms with Crippen molar-refractivity contribution in [1.29, 1.82) is 0 Å². The average molecular weight is 486 g/mol. The summed E-state index contributed by atoms with van der Waals surface area (Å²) in [6.07, 6.45) is 4.62. The molecule has 5 nitrogen and oxygen atoms in total. The van der Waals surface area contributed by atoms with Crippen LogP contribution in [0.25, 0.3) is 0 Å². The van der Waals surface area contributed by atoms with E-state index in [1.807, 2.05) is 0 Å². The van der Waals surface area contributed by atoms with Crippen LogP contribution in [0.5, 0.6) is 0 Å². The molecule has 5 unspecified atom stereocenters. The lowest BCUT2D eigenvalue weighted by Gasteiger charge is -2.47. The van der Waals surface area contributed by atoms with Crippen LogP contribution < -0.4 is 5.32 Å². The van der Waals surface area contributed by atoms with Gasteiger partial charge >= 0.3 is 12.1 Å². The van der Waals surface area contributed by atoms with E-state index in [1.165, 1.54) is 6.42 Å². The molecule has 34 heavy (non-hydrogen) atoms. The van der Waals surface area contributed by atoms with Crippen molar-refractivity contribution in [2.24, 2.45) is 28.2 Å². The van der Waals surface area contributed by atoms with Crippen molar-refractivity contribution < 1.29 is 23.1 Å². The van der Waals surface area contributed by atoms with Crippen LogP contribution in [0.15, 0.2) is 4.99 Å². The van der Waals surface area contributed by atoms with E-state index in [0.29, 0.717) is 43.2 Å². The Labute approximate surface area is 201 Å². The minimum absolute atomic E-state index is 0.0387. The Balaban J connectivity index is 1.48. The SMILES string of the molecule is CC1CC(N2C(NC3CCC(C(F)(F)F)CC3)=NC3CC(CCC(=O)O)CCC32)CC(C)(C)C1. The van der Waals surface area contributed by atoms with Crippen LogP contribution in [0.2, 0.25) is 0 Å². The number of carboxylic acids is 1. The van der Waals surface area contributed by atoms with Gasteiger partial charge < -0.3 is 15.3 Å². The standard InChI is InChI=1S/C26H42F3N3O2/c1-16-12-20(15-25(2,3)14-16)32-22-10-4-17(5-11-23(33)34)13-21(22)31-24(32)30-19-8-6-18(7-9-19)26(27,28)29/h16-22H,4-15H2,1-3H3,(H,30,31)(H,33,34). The zero-order valence-electron chi connectivity index (χ0n) is 20.9. The molecule has 0 amide bonds. The second-order valence-corrected chi connectivity index (χ2v) is 12.4. The Morgan fingerprint density at radius 1 is 1.12 bits per heavy atom. The molecule has 2 N–H and O–H groups in total. The fourth-order valence-corrected chi connectivity index (χ4v) is 7.46. The summed E-state index contributed by atoms with van der Waals surface area (Å²) in [5, 5.41) is 12.7. The summed E-state index contributed by atoms with van der Waals surface area (Å²) in [6.45, 7) is 7.01. The molecule has 1 aliphatic heterocycles. The molecule has 3 aliphatic carbocycles. The first-order valence-corrected chi connectivity index (χ1v) is 13.3. The van der Waals surface area contributed by atoms with Crippen LogP contribution in [-0.4, -0.2) is 52.3 Å². The molecule has 0 aromatic carbocycles. The molecule has 4 rings (SSSR count). The number of fused-ring (bicyclic) bond motifs is 1. The van der Waals surface area contributed by atoms with Gasteiger partial charge in [-0.2, -0.15) is 13.2 Å². The van der Waals surface area contributed by atoms with Crippen LogP contribution in [0.1, 0.15) is 97.8 Å². The smallest absolute Gasteiger partial charge is 0.391 e. The lowest BCUT2D eigenvalue weighted by molar-refractivity contribution is -0.182. The third-order valence-electron chi connectivity index (χ3n) is 8.83. The maximum atomic E-state index is 13.1. The van der Waals surface area contributed by atoms with Crippen molar-refractivity contribution in [3.63, 3.8) is 0 Å². The molecule has 3 fully saturated rings. The van der Waals surface area contributed by atoms with Crippen molar-refractivity contribution in [3.8, 4) is 0 Å². The largest absolute Gasteiger partial charge is 0.481 e. The number of aliphatic carboxylic acids is 1. The third kappa shape index (κ3) is 6.01. The normalized spacial score (nSPS) is 38.2. The van der Waals surface area contributed by atoms with Gasteiger partial charge in [0.15, 0.2) is 5.96 Å². The molecule has 4 aliphatic rings. The lowest BCUT2D eigenvalue weighted by Crippen LogP contribution is -2.56. The highest BCUT2D eigenvalue weighted by atomic mass is 19.4. The van der Waals surface area contributed by atoms with Crippen LogP contribution in [0, 0.1) is 23.2 Å². The number of halogens is 3. The Bertz CT molecular complexity index is 761. The first kappa shape index (κ1) is 25.6. The van der Waals surface area contributed by atoms with Crippen molar-refractivity contribution >= 4 is 11.9 Å². The molecule has 0 spiro atoms. The van der Waals surface area contributed by atoms with Crippen molar-refractivity contribution in [3.05, 3.63) is 0 Å². The van der Waals surface area contributed by atoms with Gasteiger partial charge in [-0.3, -0.25) is 4.79 Å². The number of nitrogens with one attached hydrogen (secondary N) is 1. The van der Waals surface area contributed by atoms with E-state index in [2.05, 4.69) is 31.0 Å². The molecule has 5 atom stereocenters. The third-order valence-corrected chi connectivity index (χ3v) is 8.83. The molecule has 0 bridgehead atoms. The van der Waals surface area contributed by atoms with Gasteiger partial charge in [-0.25, -0.2) is 4.99 Å². The van der Waals surface area contributed by atoms with E-state index >= 15 is 0 Å². The van der Waals surface area contributed by atoms with E-state index in [9.17, 15) is 18.0 Å². The Morgan fingerprint density at radius 2 is 1.82 bits per heavy atom. The quantitative estimate of drug-likeness (QED) is 0.502. The molecule has 0 aromatic heterocycles. The molecule has 1 heterocycles. The van der Waals surface area contributed by atoms with Gasteiger partial charge in [-0.1, -0.05) is 20.8 Å². The van der Waals surface area contributed by atoms with E-state index in [0.717, 1.165) is 38.1 Å². The van der Waals surface area contributed by atoms with Crippen molar-refractivity contribution in [2.75, 3.05) is 0 Å². The van der Waals surface area contributed by atoms with Crippen LogP contribution >= 0.6 is 0 Å². The van der Waals surface area contributed by atoms with Gasteiger partial charge in [0.25, 0.3) is 0 Å².